The van der Waals surface area contributed by atoms with Gasteiger partial charge in [0.15, 0.2) is 0 Å². The van der Waals surface area contributed by atoms with Crippen LogP contribution < -0.4 is 0 Å². The first-order chi connectivity index (χ1) is 6.41. The molecule has 0 atom stereocenters. The van der Waals surface area contributed by atoms with E-state index in [1.54, 1.807) is 0 Å². The molecule has 0 amide bonds. The lowest BCUT2D eigenvalue weighted by Crippen LogP contribution is -1.77. The number of hydrogen-bond donors (Lipinski definition) is 0. The lowest BCUT2D eigenvalue weighted by Gasteiger charge is -1.96. The minimum Gasteiger partial charge on any atom is -0.211 e. The van der Waals surface area contributed by atoms with Gasteiger partial charge in [0.05, 0.1) is 0 Å². The number of isocyanates is 1. The van der Waals surface area contributed by atoms with Gasteiger partial charge in [-0.3, -0.25) is 0 Å². The third-order valence-corrected chi connectivity index (χ3v) is 1.96. The van der Waals surface area contributed by atoms with E-state index in [4.69, 9.17) is 0 Å². The van der Waals surface area contributed by atoms with Gasteiger partial charge < -0.3 is 0 Å². The Kier molecular flexibility index (Phi) is 10.4. The van der Waals surface area contributed by atoms with Crippen LogP contribution in [0.2, 0.25) is 0 Å². The number of rotatable bonds is 8. The van der Waals surface area contributed by atoms with Crippen LogP contribution in [0, 0.1) is 0 Å². The van der Waals surface area contributed by atoms with Crippen LogP contribution in [0.1, 0.15) is 51.9 Å². The Balaban J connectivity index is 3.03. The van der Waals surface area contributed by atoms with E-state index in [1.807, 2.05) is 6.08 Å². The highest BCUT2D eigenvalue weighted by atomic mass is 16.1. The highest BCUT2D eigenvalue weighted by molar-refractivity contribution is 5.34. The molecule has 0 spiro atoms. The predicted molar refractivity (Wildman–Crippen MR) is 55.3 cm³/mol. The molecule has 0 bridgehead atoms. The highest BCUT2D eigenvalue weighted by Gasteiger charge is 1.87. The third kappa shape index (κ3) is 11.1. The van der Waals surface area contributed by atoms with Gasteiger partial charge in [-0.1, -0.05) is 45.1 Å². The van der Waals surface area contributed by atoms with E-state index < -0.39 is 0 Å². The molecule has 0 unspecified atom stereocenters. The van der Waals surface area contributed by atoms with E-state index in [2.05, 4.69) is 11.9 Å². The summed E-state index contributed by atoms with van der Waals surface area (Å²) in [6.45, 7) is 2.22. The maximum absolute atomic E-state index is 9.67. The van der Waals surface area contributed by atoms with Gasteiger partial charge in [-0.05, 0) is 12.8 Å². The van der Waals surface area contributed by atoms with E-state index in [1.165, 1.54) is 50.8 Å². The summed E-state index contributed by atoms with van der Waals surface area (Å²) in [7, 11) is 0. The predicted octanol–water partition coefficient (Wildman–Crippen LogP) is 3.59. The second-order valence-corrected chi connectivity index (χ2v) is 3.16. The van der Waals surface area contributed by atoms with Crippen molar-refractivity contribution in [2.45, 2.75) is 51.9 Å². The van der Waals surface area contributed by atoms with Crippen molar-refractivity contribution in [3.05, 3.63) is 12.3 Å². The summed E-state index contributed by atoms with van der Waals surface area (Å²) < 4.78 is 0. The largest absolute Gasteiger partial charge is 0.239 e. The Hall–Kier alpha value is -0.880. The maximum atomic E-state index is 9.67. The number of unbranched alkanes of at least 4 members (excludes halogenated alkanes) is 6. The molecular weight excluding hydrogens is 162 g/mol. The first kappa shape index (κ1) is 12.1. The van der Waals surface area contributed by atoms with Crippen molar-refractivity contribution in [2.24, 2.45) is 4.99 Å². The molecule has 0 aromatic heterocycles. The minimum atomic E-state index is 1.03. The Bertz CT molecular complexity index is 169. The van der Waals surface area contributed by atoms with Gasteiger partial charge in [0, 0.05) is 6.20 Å². The molecule has 0 radical (unpaired) electrons. The molecule has 0 N–H and O–H groups in total. The minimum absolute atomic E-state index is 1.03. The van der Waals surface area contributed by atoms with Crippen LogP contribution in [0.15, 0.2) is 17.3 Å². The standard InChI is InChI=1S/C11H19NO/c1-2-3-4-5-6-7-8-9-10-12-11-13/h9-10H,2-8H2,1H3/b10-9+. The number of carbonyl (C=O) groups excluding carboxylic acids is 1. The normalized spacial score (nSPS) is 10.2. The zero-order valence-electron chi connectivity index (χ0n) is 8.46. The van der Waals surface area contributed by atoms with Crippen LogP contribution >= 0.6 is 0 Å². The molecule has 0 aromatic rings. The second-order valence-electron chi connectivity index (χ2n) is 3.16. The van der Waals surface area contributed by atoms with Crippen molar-refractivity contribution in [1.82, 2.24) is 0 Å². The van der Waals surface area contributed by atoms with E-state index in [9.17, 15) is 4.79 Å². The first-order valence-corrected chi connectivity index (χ1v) is 5.13. The molecule has 74 valence electrons. The molecule has 0 rings (SSSR count). The molecule has 0 heterocycles. The van der Waals surface area contributed by atoms with Gasteiger partial charge in [-0.15, -0.1) is 0 Å². The van der Waals surface area contributed by atoms with Crippen molar-refractivity contribution in [1.29, 1.82) is 0 Å². The first-order valence-electron chi connectivity index (χ1n) is 5.13. The topological polar surface area (TPSA) is 29.4 Å². The molecule has 0 saturated heterocycles. The quantitative estimate of drug-likeness (QED) is 0.319. The average molecular weight is 181 g/mol. The van der Waals surface area contributed by atoms with Crippen LogP contribution in [0.25, 0.3) is 0 Å². The molecule has 0 aliphatic rings. The molecule has 0 aliphatic carbocycles. The van der Waals surface area contributed by atoms with Crippen molar-refractivity contribution in [3.8, 4) is 0 Å². The fourth-order valence-electron chi connectivity index (χ4n) is 1.20. The maximum Gasteiger partial charge on any atom is 0.239 e. The van der Waals surface area contributed by atoms with Crippen LogP contribution in [-0.4, -0.2) is 6.08 Å². The summed E-state index contributed by atoms with van der Waals surface area (Å²) in [5.41, 5.74) is 0. The number of allylic oxidation sites excluding steroid dienone is 1. The van der Waals surface area contributed by atoms with E-state index in [0.717, 1.165) is 6.42 Å². The molecule has 0 aliphatic heterocycles. The number of hydrogen-bond acceptors (Lipinski definition) is 2. The van der Waals surface area contributed by atoms with E-state index in [-0.39, 0.29) is 0 Å². The Labute approximate surface area is 80.8 Å². The van der Waals surface area contributed by atoms with Gasteiger partial charge in [0.25, 0.3) is 0 Å². The zero-order valence-corrected chi connectivity index (χ0v) is 8.46. The van der Waals surface area contributed by atoms with Crippen molar-refractivity contribution < 1.29 is 4.79 Å². The summed E-state index contributed by atoms with van der Waals surface area (Å²) in [6, 6.07) is 0. The summed E-state index contributed by atoms with van der Waals surface area (Å²) in [4.78, 5) is 13.0. The van der Waals surface area contributed by atoms with Crippen molar-refractivity contribution in [2.75, 3.05) is 0 Å². The molecule has 2 nitrogen and oxygen atoms in total. The molecule has 2 heteroatoms. The second kappa shape index (κ2) is 11.1. The third-order valence-electron chi connectivity index (χ3n) is 1.96. The Morgan fingerprint density at radius 2 is 1.85 bits per heavy atom. The van der Waals surface area contributed by atoms with Gasteiger partial charge in [-0.25, -0.2) is 4.79 Å². The molecular formula is C11H19NO. The monoisotopic (exact) mass is 181 g/mol. The SMILES string of the molecule is CCCCCCCC/C=C/N=C=O. The molecule has 0 saturated carbocycles. The van der Waals surface area contributed by atoms with Crippen LogP contribution in [0.3, 0.4) is 0 Å². The van der Waals surface area contributed by atoms with Crippen LogP contribution in [0.4, 0.5) is 0 Å². The zero-order chi connectivity index (χ0) is 9.78. The smallest absolute Gasteiger partial charge is 0.211 e. The fourth-order valence-corrected chi connectivity index (χ4v) is 1.20. The van der Waals surface area contributed by atoms with Gasteiger partial charge in [0.1, 0.15) is 0 Å². The summed E-state index contributed by atoms with van der Waals surface area (Å²) >= 11 is 0. The van der Waals surface area contributed by atoms with Crippen LogP contribution in [0.5, 0.6) is 0 Å². The summed E-state index contributed by atoms with van der Waals surface area (Å²) in [5.74, 6) is 0. The molecule has 0 fully saturated rings. The Morgan fingerprint density at radius 1 is 1.15 bits per heavy atom. The van der Waals surface area contributed by atoms with Crippen LogP contribution in [-0.2, 0) is 4.79 Å². The number of aliphatic imine (C=N–C) groups is 1. The van der Waals surface area contributed by atoms with Gasteiger partial charge in [-0.2, -0.15) is 4.99 Å². The van der Waals surface area contributed by atoms with Crippen molar-refractivity contribution in [3.63, 3.8) is 0 Å². The highest BCUT2D eigenvalue weighted by Crippen LogP contribution is 2.06. The molecule has 13 heavy (non-hydrogen) atoms. The molecule has 0 aromatic carbocycles. The van der Waals surface area contributed by atoms with Gasteiger partial charge >= 0.3 is 0 Å². The van der Waals surface area contributed by atoms with Crippen molar-refractivity contribution >= 4 is 6.08 Å². The van der Waals surface area contributed by atoms with Gasteiger partial charge in [0.2, 0.25) is 6.08 Å². The fraction of sp³-hybridized carbons (Fsp3) is 0.727. The average Bonchev–Trinajstić information content (AvgIpc) is 2.16. The lowest BCUT2D eigenvalue weighted by molar-refractivity contribution is 0.565. The lowest BCUT2D eigenvalue weighted by atomic mass is 10.1. The summed E-state index contributed by atoms with van der Waals surface area (Å²) in [6.07, 6.45) is 13.8. The Morgan fingerprint density at radius 3 is 2.54 bits per heavy atom. The van der Waals surface area contributed by atoms with E-state index >= 15 is 0 Å². The number of nitrogens with zero attached hydrogens (tertiary/aromatic N) is 1. The van der Waals surface area contributed by atoms with E-state index in [0.29, 0.717) is 0 Å². The summed E-state index contributed by atoms with van der Waals surface area (Å²) in [5, 5.41) is 0.